The Hall–Kier alpha value is -1.44. The van der Waals surface area contributed by atoms with E-state index in [4.69, 9.17) is 11.6 Å². The molecule has 1 rings (SSSR count). The molecular formula is C10H11ClN2O4S. The Morgan fingerprint density at radius 2 is 2.17 bits per heavy atom. The van der Waals surface area contributed by atoms with E-state index in [1.165, 1.54) is 6.07 Å². The highest BCUT2D eigenvalue weighted by Gasteiger charge is 2.21. The summed E-state index contributed by atoms with van der Waals surface area (Å²) in [4.78, 5) is 9.58. The van der Waals surface area contributed by atoms with Gasteiger partial charge in [0.2, 0.25) is 10.0 Å². The zero-order valence-corrected chi connectivity index (χ0v) is 11.1. The molecule has 1 aromatic carbocycles. The Balaban J connectivity index is 3.18. The van der Waals surface area contributed by atoms with Gasteiger partial charge in [0, 0.05) is 18.7 Å². The number of nitro groups is 1. The van der Waals surface area contributed by atoms with Crippen LogP contribution in [-0.4, -0.2) is 19.9 Å². The molecule has 0 spiro atoms. The Labute approximate surface area is 109 Å². The lowest BCUT2D eigenvalue weighted by Crippen LogP contribution is -2.25. The van der Waals surface area contributed by atoms with Gasteiger partial charge in [-0.05, 0) is 13.0 Å². The van der Waals surface area contributed by atoms with E-state index >= 15 is 0 Å². The molecule has 0 aliphatic heterocycles. The van der Waals surface area contributed by atoms with Crippen molar-refractivity contribution in [3.63, 3.8) is 0 Å². The first-order chi connectivity index (χ1) is 8.24. The molecule has 1 aromatic rings. The fourth-order valence-corrected chi connectivity index (χ4v) is 2.72. The van der Waals surface area contributed by atoms with Crippen LogP contribution in [0.25, 0.3) is 0 Å². The monoisotopic (exact) mass is 290 g/mol. The van der Waals surface area contributed by atoms with Crippen LogP contribution in [-0.2, 0) is 10.0 Å². The predicted molar refractivity (Wildman–Crippen MR) is 68.1 cm³/mol. The van der Waals surface area contributed by atoms with Crippen LogP contribution in [0.15, 0.2) is 35.2 Å². The van der Waals surface area contributed by atoms with Gasteiger partial charge >= 0.3 is 0 Å². The number of hydrogen-bond acceptors (Lipinski definition) is 4. The normalized spacial score (nSPS) is 11.2. The van der Waals surface area contributed by atoms with Crippen molar-refractivity contribution < 1.29 is 13.3 Å². The first-order valence-electron chi connectivity index (χ1n) is 4.82. The summed E-state index contributed by atoms with van der Waals surface area (Å²) in [5.41, 5.74) is 0.273. The Morgan fingerprint density at radius 3 is 2.67 bits per heavy atom. The van der Waals surface area contributed by atoms with Crippen molar-refractivity contribution >= 4 is 27.3 Å². The number of nitrogens with zero attached hydrogens (tertiary/aromatic N) is 1. The van der Waals surface area contributed by atoms with Crippen LogP contribution >= 0.6 is 11.6 Å². The third kappa shape index (κ3) is 3.52. The van der Waals surface area contributed by atoms with E-state index in [2.05, 4.69) is 11.3 Å². The Kier molecular flexibility index (Phi) is 4.44. The van der Waals surface area contributed by atoms with Crippen LogP contribution in [0.2, 0.25) is 5.02 Å². The second kappa shape index (κ2) is 5.47. The molecule has 6 nitrogen and oxygen atoms in total. The smallest absolute Gasteiger partial charge is 0.258 e. The summed E-state index contributed by atoms with van der Waals surface area (Å²) in [5, 5.41) is 10.5. The number of benzene rings is 1. The largest absolute Gasteiger partial charge is 0.270 e. The second-order valence-corrected chi connectivity index (χ2v) is 5.80. The van der Waals surface area contributed by atoms with Crippen molar-refractivity contribution in [1.82, 2.24) is 4.72 Å². The van der Waals surface area contributed by atoms with Crippen LogP contribution in [0.5, 0.6) is 0 Å². The maximum atomic E-state index is 11.9. The quantitative estimate of drug-likeness (QED) is 0.511. The summed E-state index contributed by atoms with van der Waals surface area (Å²) in [5.74, 6) is 0. The van der Waals surface area contributed by atoms with Gasteiger partial charge in [-0.1, -0.05) is 23.8 Å². The molecule has 18 heavy (non-hydrogen) atoms. The van der Waals surface area contributed by atoms with Crippen molar-refractivity contribution in [2.75, 3.05) is 6.54 Å². The number of halogens is 1. The van der Waals surface area contributed by atoms with Crippen LogP contribution in [0.1, 0.15) is 6.92 Å². The molecule has 1 N–H and O–H groups in total. The van der Waals surface area contributed by atoms with E-state index in [1.807, 2.05) is 0 Å². The number of non-ortho nitro benzene ring substituents is 1. The van der Waals surface area contributed by atoms with Crippen molar-refractivity contribution in [3.05, 3.63) is 45.5 Å². The first kappa shape index (κ1) is 14.6. The van der Waals surface area contributed by atoms with Gasteiger partial charge in [0.1, 0.15) is 4.90 Å². The van der Waals surface area contributed by atoms with Crippen molar-refractivity contribution in [3.8, 4) is 0 Å². The lowest BCUT2D eigenvalue weighted by molar-refractivity contribution is -0.385. The van der Waals surface area contributed by atoms with Crippen LogP contribution in [0.3, 0.4) is 0 Å². The summed E-state index contributed by atoms with van der Waals surface area (Å²) in [7, 11) is -3.89. The van der Waals surface area contributed by atoms with Crippen LogP contribution in [0, 0.1) is 10.1 Å². The molecule has 0 amide bonds. The third-order valence-corrected chi connectivity index (χ3v) is 3.86. The molecule has 0 heterocycles. The average Bonchev–Trinajstić information content (AvgIpc) is 2.26. The summed E-state index contributed by atoms with van der Waals surface area (Å²) in [6.45, 7) is 5.25. The SMILES string of the molecule is C=C(C)CNS(=O)(=O)c1cc([N+](=O)[O-])ccc1Cl. The fourth-order valence-electron chi connectivity index (χ4n) is 1.11. The van der Waals surface area contributed by atoms with E-state index in [0.29, 0.717) is 5.57 Å². The van der Waals surface area contributed by atoms with E-state index < -0.39 is 14.9 Å². The molecule has 0 saturated heterocycles. The molecular weight excluding hydrogens is 280 g/mol. The molecule has 0 aliphatic rings. The van der Waals surface area contributed by atoms with Gasteiger partial charge in [-0.15, -0.1) is 0 Å². The zero-order valence-electron chi connectivity index (χ0n) is 9.51. The number of sulfonamides is 1. The lowest BCUT2D eigenvalue weighted by Gasteiger charge is -2.07. The third-order valence-electron chi connectivity index (χ3n) is 1.98. The summed E-state index contributed by atoms with van der Waals surface area (Å²) in [6.07, 6.45) is 0. The lowest BCUT2D eigenvalue weighted by atomic mass is 10.3. The molecule has 0 saturated carbocycles. The van der Waals surface area contributed by atoms with Crippen LogP contribution < -0.4 is 4.72 Å². The molecule has 0 aromatic heterocycles. The van der Waals surface area contributed by atoms with Gasteiger partial charge in [-0.3, -0.25) is 10.1 Å². The summed E-state index contributed by atoms with van der Waals surface area (Å²) < 4.78 is 26.0. The average molecular weight is 291 g/mol. The van der Waals surface area contributed by atoms with Gasteiger partial charge in [0.25, 0.3) is 5.69 Å². The maximum absolute atomic E-state index is 11.9. The molecule has 0 fully saturated rings. The van der Waals surface area contributed by atoms with Crippen LogP contribution in [0.4, 0.5) is 5.69 Å². The standard InChI is InChI=1S/C10H11ClN2O4S/c1-7(2)6-12-18(16,17)10-5-8(13(14)15)3-4-9(10)11/h3-5,12H,1,6H2,2H3. The topological polar surface area (TPSA) is 89.3 Å². The van der Waals surface area contributed by atoms with E-state index in [-0.39, 0.29) is 22.2 Å². The minimum Gasteiger partial charge on any atom is -0.258 e. The first-order valence-corrected chi connectivity index (χ1v) is 6.68. The molecule has 98 valence electrons. The Bertz CT molecular complexity index is 598. The zero-order chi connectivity index (χ0) is 13.9. The molecule has 0 bridgehead atoms. The van der Waals surface area contributed by atoms with Crippen molar-refractivity contribution in [2.24, 2.45) is 0 Å². The highest BCUT2D eigenvalue weighted by molar-refractivity contribution is 7.89. The Morgan fingerprint density at radius 1 is 1.56 bits per heavy atom. The molecule has 0 atom stereocenters. The molecule has 0 aliphatic carbocycles. The molecule has 8 heteroatoms. The minimum absolute atomic E-state index is 0.0430. The highest BCUT2D eigenvalue weighted by Crippen LogP contribution is 2.25. The highest BCUT2D eigenvalue weighted by atomic mass is 35.5. The van der Waals surface area contributed by atoms with Crippen molar-refractivity contribution in [1.29, 1.82) is 0 Å². The number of nitro benzene ring substituents is 1. The predicted octanol–water partition coefficient (Wildman–Crippen LogP) is 2.10. The van der Waals surface area contributed by atoms with Crippen molar-refractivity contribution in [2.45, 2.75) is 11.8 Å². The maximum Gasteiger partial charge on any atom is 0.270 e. The van der Waals surface area contributed by atoms with Gasteiger partial charge in [0.15, 0.2) is 0 Å². The van der Waals surface area contributed by atoms with Gasteiger partial charge in [0.05, 0.1) is 9.95 Å². The van der Waals surface area contributed by atoms with E-state index in [9.17, 15) is 18.5 Å². The number of rotatable bonds is 5. The summed E-state index contributed by atoms with van der Waals surface area (Å²) >= 11 is 5.74. The van der Waals surface area contributed by atoms with Gasteiger partial charge in [-0.2, -0.15) is 0 Å². The summed E-state index contributed by atoms with van der Waals surface area (Å²) in [6, 6.07) is 3.23. The minimum atomic E-state index is -3.89. The van der Waals surface area contributed by atoms with E-state index in [1.54, 1.807) is 6.92 Å². The molecule has 0 unspecified atom stereocenters. The number of hydrogen-bond donors (Lipinski definition) is 1. The fraction of sp³-hybridized carbons (Fsp3) is 0.200. The van der Waals surface area contributed by atoms with E-state index in [0.717, 1.165) is 12.1 Å². The van der Waals surface area contributed by atoms with Gasteiger partial charge in [-0.25, -0.2) is 13.1 Å². The molecule has 0 radical (unpaired) electrons. The second-order valence-electron chi connectivity index (χ2n) is 3.65. The number of nitrogens with one attached hydrogen (secondary N) is 1. The van der Waals surface area contributed by atoms with Gasteiger partial charge < -0.3 is 0 Å².